The molecule has 0 aliphatic heterocycles. The molecule has 102 valence electrons. The van der Waals surface area contributed by atoms with E-state index in [0.29, 0.717) is 0 Å². The van der Waals surface area contributed by atoms with Crippen LogP contribution in [0.25, 0.3) is 22.4 Å². The van der Waals surface area contributed by atoms with Crippen LogP contribution in [-0.4, -0.2) is 4.98 Å². The van der Waals surface area contributed by atoms with Gasteiger partial charge in [0, 0.05) is 35.9 Å². The van der Waals surface area contributed by atoms with Crippen molar-refractivity contribution in [2.45, 2.75) is 13.3 Å². The Morgan fingerprint density at radius 3 is 2.76 bits per heavy atom. The minimum atomic E-state index is 0.940. The smallest absolute Gasteiger partial charge is 0.212 e. The van der Waals surface area contributed by atoms with E-state index in [9.17, 15) is 0 Å². The van der Waals surface area contributed by atoms with Gasteiger partial charge in [0.1, 0.15) is 7.05 Å². The molecular formula is C19H17N2+. The highest BCUT2D eigenvalue weighted by atomic mass is 14.9. The van der Waals surface area contributed by atoms with Gasteiger partial charge >= 0.3 is 0 Å². The van der Waals surface area contributed by atoms with E-state index in [1.54, 1.807) is 0 Å². The number of aromatic nitrogens is 2. The van der Waals surface area contributed by atoms with Gasteiger partial charge in [0.2, 0.25) is 5.69 Å². The number of fused-ring (bicyclic) bond motifs is 3. The van der Waals surface area contributed by atoms with Crippen LogP contribution in [0.5, 0.6) is 0 Å². The van der Waals surface area contributed by atoms with Gasteiger partial charge in [0.15, 0.2) is 6.20 Å². The Bertz CT molecular complexity index is 850. The molecule has 0 spiro atoms. The molecule has 0 unspecified atom stereocenters. The van der Waals surface area contributed by atoms with Crippen LogP contribution in [0.4, 0.5) is 0 Å². The third kappa shape index (κ3) is 1.87. The van der Waals surface area contributed by atoms with Crippen molar-refractivity contribution >= 4 is 0 Å². The lowest BCUT2D eigenvalue weighted by Gasteiger charge is -2.08. The number of hydrogen-bond acceptors (Lipinski definition) is 1. The standard InChI is InChI=1S/C19H17N2/c1-13-10-17-14(12-18-15(17)6-5-8-20-18)11-16(13)19-7-3-4-9-21(19)2/h3-11H,12H2,1-2H3/q+1. The molecule has 0 atom stereocenters. The van der Waals surface area contributed by atoms with Crippen molar-refractivity contribution in [3.8, 4) is 22.4 Å². The molecular weight excluding hydrogens is 256 g/mol. The minimum Gasteiger partial charge on any atom is -0.260 e. The van der Waals surface area contributed by atoms with E-state index < -0.39 is 0 Å². The van der Waals surface area contributed by atoms with E-state index in [4.69, 9.17) is 0 Å². The van der Waals surface area contributed by atoms with Crippen LogP contribution >= 0.6 is 0 Å². The van der Waals surface area contributed by atoms with E-state index in [0.717, 1.165) is 6.42 Å². The van der Waals surface area contributed by atoms with Crippen molar-refractivity contribution in [1.82, 2.24) is 4.98 Å². The Morgan fingerprint density at radius 1 is 1.00 bits per heavy atom. The molecule has 1 aromatic carbocycles. The monoisotopic (exact) mass is 273 g/mol. The SMILES string of the molecule is Cc1cc2c(cc1-c1cccc[n+]1C)Cc1ncccc1-2. The molecule has 4 rings (SSSR count). The second kappa shape index (κ2) is 4.52. The van der Waals surface area contributed by atoms with Gasteiger partial charge in [-0.25, -0.2) is 4.57 Å². The number of aryl methyl sites for hydroxylation is 2. The summed E-state index contributed by atoms with van der Waals surface area (Å²) in [6.45, 7) is 2.19. The maximum atomic E-state index is 4.52. The molecule has 2 aromatic heterocycles. The first-order valence-corrected chi connectivity index (χ1v) is 7.27. The van der Waals surface area contributed by atoms with Gasteiger partial charge in [-0.3, -0.25) is 4.98 Å². The van der Waals surface area contributed by atoms with Crippen LogP contribution in [0.15, 0.2) is 54.9 Å². The molecule has 0 N–H and O–H groups in total. The lowest BCUT2D eigenvalue weighted by Crippen LogP contribution is -2.30. The molecule has 2 nitrogen and oxygen atoms in total. The Hall–Kier alpha value is -2.48. The molecule has 2 heterocycles. The van der Waals surface area contributed by atoms with Gasteiger partial charge in [0.25, 0.3) is 0 Å². The quantitative estimate of drug-likeness (QED) is 0.485. The Morgan fingerprint density at radius 2 is 1.90 bits per heavy atom. The van der Waals surface area contributed by atoms with Crippen molar-refractivity contribution in [3.05, 3.63) is 71.7 Å². The van der Waals surface area contributed by atoms with Crippen molar-refractivity contribution < 1.29 is 4.57 Å². The highest BCUT2D eigenvalue weighted by Gasteiger charge is 2.22. The second-order valence-corrected chi connectivity index (χ2v) is 5.70. The highest BCUT2D eigenvalue weighted by Crippen LogP contribution is 2.38. The van der Waals surface area contributed by atoms with Gasteiger partial charge in [-0.2, -0.15) is 0 Å². The van der Waals surface area contributed by atoms with Crippen molar-refractivity contribution in [3.63, 3.8) is 0 Å². The fraction of sp³-hybridized carbons (Fsp3) is 0.158. The van der Waals surface area contributed by atoms with Crippen molar-refractivity contribution in [1.29, 1.82) is 0 Å². The summed E-state index contributed by atoms with van der Waals surface area (Å²) in [5, 5.41) is 0. The van der Waals surface area contributed by atoms with E-state index >= 15 is 0 Å². The zero-order chi connectivity index (χ0) is 14.4. The van der Waals surface area contributed by atoms with E-state index in [-0.39, 0.29) is 0 Å². The van der Waals surface area contributed by atoms with Crippen LogP contribution in [0.2, 0.25) is 0 Å². The normalized spacial score (nSPS) is 12.1. The number of rotatable bonds is 1. The summed E-state index contributed by atoms with van der Waals surface area (Å²) in [6.07, 6.45) is 4.92. The fourth-order valence-corrected chi connectivity index (χ4v) is 3.23. The number of hydrogen-bond donors (Lipinski definition) is 0. The molecule has 0 fully saturated rings. The first kappa shape index (κ1) is 12.3. The Kier molecular flexibility index (Phi) is 2.64. The van der Waals surface area contributed by atoms with E-state index in [1.165, 1.54) is 39.2 Å². The number of nitrogens with zero attached hydrogens (tertiary/aromatic N) is 2. The molecule has 21 heavy (non-hydrogen) atoms. The van der Waals surface area contributed by atoms with Crippen LogP contribution in [0.1, 0.15) is 16.8 Å². The summed E-state index contributed by atoms with van der Waals surface area (Å²) in [4.78, 5) is 4.52. The predicted octanol–water partition coefficient (Wildman–Crippen LogP) is 3.45. The van der Waals surface area contributed by atoms with Crippen molar-refractivity contribution in [2.75, 3.05) is 0 Å². The molecule has 0 radical (unpaired) electrons. The average molecular weight is 273 g/mol. The van der Waals surface area contributed by atoms with Gasteiger partial charge in [-0.05, 0) is 41.8 Å². The maximum absolute atomic E-state index is 4.52. The molecule has 2 heteroatoms. The molecule has 0 saturated heterocycles. The van der Waals surface area contributed by atoms with Gasteiger partial charge in [-0.15, -0.1) is 0 Å². The molecule has 0 amide bonds. The Labute approximate surface area is 124 Å². The first-order valence-electron chi connectivity index (χ1n) is 7.27. The molecule has 1 aliphatic carbocycles. The summed E-state index contributed by atoms with van der Waals surface area (Å²) >= 11 is 0. The summed E-state index contributed by atoms with van der Waals surface area (Å²) in [6, 6.07) is 15.2. The van der Waals surface area contributed by atoms with Crippen LogP contribution < -0.4 is 4.57 Å². The molecule has 0 saturated carbocycles. The summed E-state index contributed by atoms with van der Waals surface area (Å²) < 4.78 is 2.18. The van der Waals surface area contributed by atoms with E-state index in [2.05, 4.69) is 66.1 Å². The zero-order valence-corrected chi connectivity index (χ0v) is 12.3. The number of pyridine rings is 2. The zero-order valence-electron chi connectivity index (χ0n) is 12.3. The van der Waals surface area contributed by atoms with Crippen LogP contribution in [0, 0.1) is 6.92 Å². The van der Waals surface area contributed by atoms with Gasteiger partial charge < -0.3 is 0 Å². The third-order valence-electron chi connectivity index (χ3n) is 4.32. The third-order valence-corrected chi connectivity index (χ3v) is 4.32. The summed E-state index contributed by atoms with van der Waals surface area (Å²) in [5.74, 6) is 0. The Balaban J connectivity index is 1.92. The van der Waals surface area contributed by atoms with Crippen molar-refractivity contribution in [2.24, 2.45) is 7.05 Å². The highest BCUT2D eigenvalue weighted by molar-refractivity contribution is 5.79. The van der Waals surface area contributed by atoms with Crippen LogP contribution in [0.3, 0.4) is 0 Å². The number of benzene rings is 1. The van der Waals surface area contributed by atoms with E-state index in [1.807, 2.05) is 12.3 Å². The molecule has 1 aliphatic rings. The lowest BCUT2D eigenvalue weighted by molar-refractivity contribution is -0.660. The molecule has 0 bridgehead atoms. The van der Waals surface area contributed by atoms with Gasteiger partial charge in [0.05, 0.1) is 5.69 Å². The first-order chi connectivity index (χ1) is 10.2. The fourth-order valence-electron chi connectivity index (χ4n) is 3.23. The maximum Gasteiger partial charge on any atom is 0.212 e. The average Bonchev–Trinajstić information content (AvgIpc) is 2.85. The van der Waals surface area contributed by atoms with Crippen LogP contribution in [-0.2, 0) is 13.5 Å². The summed E-state index contributed by atoms with van der Waals surface area (Å²) in [7, 11) is 2.10. The van der Waals surface area contributed by atoms with Gasteiger partial charge in [-0.1, -0.05) is 12.1 Å². The second-order valence-electron chi connectivity index (χ2n) is 5.70. The minimum absolute atomic E-state index is 0.940. The largest absolute Gasteiger partial charge is 0.260 e. The molecule has 3 aromatic rings. The predicted molar refractivity (Wildman–Crippen MR) is 83.8 cm³/mol. The lowest BCUT2D eigenvalue weighted by atomic mass is 9.97. The summed E-state index contributed by atoms with van der Waals surface area (Å²) in [5.41, 5.74) is 9.09. The topological polar surface area (TPSA) is 16.8 Å².